The third-order valence-electron chi connectivity index (χ3n) is 6.48. The minimum atomic E-state index is 1.05. The zero-order chi connectivity index (χ0) is 21.6. The molecule has 2 aromatic carbocycles. The van der Waals surface area contributed by atoms with E-state index in [0.717, 1.165) is 52.0 Å². The van der Waals surface area contributed by atoms with Gasteiger partial charge in [0.25, 0.3) is 0 Å². The largest absolute Gasteiger partial charge is 0.369 e. The molecule has 1 aliphatic heterocycles. The first-order valence-corrected chi connectivity index (χ1v) is 11.8. The van der Waals surface area contributed by atoms with Crippen molar-refractivity contribution in [3.63, 3.8) is 0 Å². The standard InChI is InChI=1S/C27H36N4/c1-4-9-24-21-27(31(28-24)25-10-6-5-7-11-25)12-8-15-29-16-18-30(19-17-29)26-14-13-22(2)23(3)20-26/h5-7,10-11,13-14,20-21H,4,8-9,12,15-19H2,1-3H3. The summed E-state index contributed by atoms with van der Waals surface area (Å²) >= 11 is 0. The maximum atomic E-state index is 4.89. The van der Waals surface area contributed by atoms with Gasteiger partial charge in [0.05, 0.1) is 11.4 Å². The Labute approximate surface area is 187 Å². The van der Waals surface area contributed by atoms with E-state index in [0.29, 0.717) is 0 Å². The van der Waals surface area contributed by atoms with E-state index in [1.165, 1.54) is 40.3 Å². The van der Waals surface area contributed by atoms with Gasteiger partial charge in [0, 0.05) is 37.6 Å². The van der Waals surface area contributed by atoms with Gasteiger partial charge in [-0.25, -0.2) is 4.68 Å². The highest BCUT2D eigenvalue weighted by molar-refractivity contribution is 5.51. The summed E-state index contributed by atoms with van der Waals surface area (Å²) in [6.07, 6.45) is 4.43. The fourth-order valence-electron chi connectivity index (χ4n) is 4.46. The first kappa shape index (κ1) is 21.6. The molecule has 31 heavy (non-hydrogen) atoms. The van der Waals surface area contributed by atoms with Crippen LogP contribution in [0.3, 0.4) is 0 Å². The zero-order valence-corrected chi connectivity index (χ0v) is 19.3. The van der Waals surface area contributed by atoms with Crippen LogP contribution in [0, 0.1) is 13.8 Å². The molecule has 1 aromatic heterocycles. The fourth-order valence-corrected chi connectivity index (χ4v) is 4.46. The van der Waals surface area contributed by atoms with E-state index in [4.69, 9.17) is 5.10 Å². The lowest BCUT2D eigenvalue weighted by molar-refractivity contribution is 0.254. The van der Waals surface area contributed by atoms with Crippen LogP contribution in [0.4, 0.5) is 5.69 Å². The average Bonchev–Trinajstić information content (AvgIpc) is 3.20. The fraction of sp³-hybridized carbons (Fsp3) is 0.444. The van der Waals surface area contributed by atoms with E-state index < -0.39 is 0 Å². The highest BCUT2D eigenvalue weighted by atomic mass is 15.3. The molecule has 3 aromatic rings. The van der Waals surface area contributed by atoms with Crippen LogP contribution in [-0.4, -0.2) is 47.4 Å². The first-order valence-electron chi connectivity index (χ1n) is 11.8. The summed E-state index contributed by atoms with van der Waals surface area (Å²) in [5.41, 5.74) is 7.85. The number of aryl methyl sites for hydroxylation is 4. The lowest BCUT2D eigenvalue weighted by Crippen LogP contribution is -2.46. The quantitative estimate of drug-likeness (QED) is 0.505. The summed E-state index contributed by atoms with van der Waals surface area (Å²) in [7, 11) is 0. The number of rotatable bonds is 8. The lowest BCUT2D eigenvalue weighted by atomic mass is 10.1. The van der Waals surface area contributed by atoms with Gasteiger partial charge in [0.15, 0.2) is 0 Å². The van der Waals surface area contributed by atoms with Crippen molar-refractivity contribution >= 4 is 5.69 Å². The summed E-state index contributed by atoms with van der Waals surface area (Å²) < 4.78 is 2.16. The predicted molar refractivity (Wildman–Crippen MR) is 130 cm³/mol. The van der Waals surface area contributed by atoms with Gasteiger partial charge in [-0.2, -0.15) is 5.10 Å². The normalized spacial score (nSPS) is 14.9. The van der Waals surface area contributed by atoms with Crippen LogP contribution in [0.2, 0.25) is 0 Å². The molecule has 4 nitrogen and oxygen atoms in total. The molecule has 1 fully saturated rings. The molecule has 0 saturated carbocycles. The van der Waals surface area contributed by atoms with Gasteiger partial charge in [0.1, 0.15) is 0 Å². The number of hydrogen-bond donors (Lipinski definition) is 0. The van der Waals surface area contributed by atoms with Gasteiger partial charge in [0.2, 0.25) is 0 Å². The second kappa shape index (κ2) is 10.1. The second-order valence-electron chi connectivity index (χ2n) is 8.83. The molecule has 0 aliphatic carbocycles. The molecule has 164 valence electrons. The molecule has 1 aliphatic rings. The molecule has 0 bridgehead atoms. The molecular weight excluding hydrogens is 380 g/mol. The van der Waals surface area contributed by atoms with Gasteiger partial charge in [-0.05, 0) is 81.1 Å². The summed E-state index contributed by atoms with van der Waals surface area (Å²) in [6, 6.07) is 19.7. The van der Waals surface area contributed by atoms with Crippen molar-refractivity contribution in [2.24, 2.45) is 0 Å². The maximum absolute atomic E-state index is 4.89. The van der Waals surface area contributed by atoms with E-state index in [1.54, 1.807) is 0 Å². The van der Waals surface area contributed by atoms with Crippen molar-refractivity contribution in [3.05, 3.63) is 77.1 Å². The van der Waals surface area contributed by atoms with Crippen molar-refractivity contribution in [3.8, 4) is 5.69 Å². The molecule has 0 atom stereocenters. The van der Waals surface area contributed by atoms with Gasteiger partial charge in [-0.3, -0.25) is 4.90 Å². The second-order valence-corrected chi connectivity index (χ2v) is 8.83. The molecule has 2 heterocycles. The summed E-state index contributed by atoms with van der Waals surface area (Å²) in [4.78, 5) is 5.15. The third kappa shape index (κ3) is 5.37. The summed E-state index contributed by atoms with van der Waals surface area (Å²) in [5.74, 6) is 0. The van der Waals surface area contributed by atoms with Crippen LogP contribution in [0.5, 0.6) is 0 Å². The van der Waals surface area contributed by atoms with E-state index >= 15 is 0 Å². The van der Waals surface area contributed by atoms with E-state index in [2.05, 4.69) is 89.9 Å². The smallest absolute Gasteiger partial charge is 0.0648 e. The van der Waals surface area contributed by atoms with Gasteiger partial charge < -0.3 is 4.90 Å². The number of para-hydroxylation sites is 1. The van der Waals surface area contributed by atoms with Gasteiger partial charge >= 0.3 is 0 Å². The monoisotopic (exact) mass is 416 g/mol. The Hall–Kier alpha value is -2.59. The number of benzene rings is 2. The Kier molecular flexibility index (Phi) is 7.08. The third-order valence-corrected chi connectivity index (χ3v) is 6.48. The van der Waals surface area contributed by atoms with Crippen LogP contribution in [0.15, 0.2) is 54.6 Å². The van der Waals surface area contributed by atoms with Crippen LogP contribution in [0.1, 0.15) is 42.3 Å². The minimum absolute atomic E-state index is 1.05. The highest BCUT2D eigenvalue weighted by Crippen LogP contribution is 2.21. The van der Waals surface area contributed by atoms with Crippen molar-refractivity contribution in [1.82, 2.24) is 14.7 Å². The Morgan fingerprint density at radius 3 is 2.29 bits per heavy atom. The van der Waals surface area contributed by atoms with Gasteiger partial charge in [-0.15, -0.1) is 0 Å². The molecule has 0 spiro atoms. The average molecular weight is 417 g/mol. The SMILES string of the molecule is CCCc1cc(CCCN2CCN(c3ccc(C)c(C)c3)CC2)n(-c2ccccc2)n1. The predicted octanol–water partition coefficient (Wildman–Crippen LogP) is 5.20. The van der Waals surface area contributed by atoms with Crippen molar-refractivity contribution in [2.45, 2.75) is 46.5 Å². The zero-order valence-electron chi connectivity index (χ0n) is 19.3. The van der Waals surface area contributed by atoms with Crippen molar-refractivity contribution in [2.75, 3.05) is 37.6 Å². The maximum Gasteiger partial charge on any atom is 0.0648 e. The topological polar surface area (TPSA) is 24.3 Å². The van der Waals surface area contributed by atoms with Crippen LogP contribution < -0.4 is 4.90 Å². The number of anilines is 1. The Balaban J connectivity index is 1.31. The molecule has 0 unspecified atom stereocenters. The van der Waals surface area contributed by atoms with E-state index in [9.17, 15) is 0 Å². The summed E-state index contributed by atoms with van der Waals surface area (Å²) in [5, 5.41) is 4.89. The Morgan fingerprint density at radius 2 is 1.58 bits per heavy atom. The van der Waals surface area contributed by atoms with E-state index in [-0.39, 0.29) is 0 Å². The number of nitrogens with zero attached hydrogens (tertiary/aromatic N) is 4. The molecule has 0 radical (unpaired) electrons. The van der Waals surface area contributed by atoms with E-state index in [1.807, 2.05) is 0 Å². The summed E-state index contributed by atoms with van der Waals surface area (Å²) in [6.45, 7) is 12.3. The van der Waals surface area contributed by atoms with Crippen molar-refractivity contribution in [1.29, 1.82) is 0 Å². The number of aromatic nitrogens is 2. The Morgan fingerprint density at radius 1 is 0.806 bits per heavy atom. The number of piperazine rings is 1. The van der Waals surface area contributed by atoms with Crippen LogP contribution >= 0.6 is 0 Å². The molecular formula is C27H36N4. The molecule has 4 rings (SSSR count). The molecule has 4 heteroatoms. The van der Waals surface area contributed by atoms with Crippen LogP contribution in [0.25, 0.3) is 5.69 Å². The molecule has 1 saturated heterocycles. The highest BCUT2D eigenvalue weighted by Gasteiger charge is 2.18. The number of hydrogen-bond acceptors (Lipinski definition) is 3. The minimum Gasteiger partial charge on any atom is -0.369 e. The lowest BCUT2D eigenvalue weighted by Gasteiger charge is -2.36. The molecule has 0 N–H and O–H groups in total. The Bertz CT molecular complexity index is 968. The molecule has 0 amide bonds. The van der Waals surface area contributed by atoms with Crippen LogP contribution in [-0.2, 0) is 12.8 Å². The van der Waals surface area contributed by atoms with Crippen molar-refractivity contribution < 1.29 is 0 Å². The van der Waals surface area contributed by atoms with Gasteiger partial charge in [-0.1, -0.05) is 37.6 Å². The first-order chi connectivity index (χ1) is 15.1.